The number of rotatable bonds is 0. The molecule has 0 radical (unpaired) electrons. The van der Waals surface area contributed by atoms with Crippen molar-refractivity contribution in [2.75, 3.05) is 0 Å². The van der Waals surface area contributed by atoms with Crippen molar-refractivity contribution in [1.29, 1.82) is 10.5 Å². The number of nitrogens with one attached hydrogen (secondary N) is 1. The van der Waals surface area contributed by atoms with Crippen molar-refractivity contribution >= 4 is 35.3 Å². The predicted molar refractivity (Wildman–Crippen MR) is 27.7 cm³/mol. The Balaban J connectivity index is 0. The quantitative estimate of drug-likeness (QED) is 0.164. The van der Waals surface area contributed by atoms with Gasteiger partial charge in [-0.25, -0.2) is 5.16 Å². The Bertz CT molecular complexity index is 146. The zero-order valence-corrected chi connectivity index (χ0v) is 3.30. The van der Waals surface area contributed by atoms with Crippen molar-refractivity contribution < 1.29 is 5.16 Å². The summed E-state index contributed by atoms with van der Waals surface area (Å²) in [5.74, 6) is 0. The van der Waals surface area contributed by atoms with Crippen LogP contribution in [0.25, 0.3) is 0 Å². The van der Waals surface area contributed by atoms with Crippen molar-refractivity contribution in [2.45, 2.75) is 0 Å². The van der Waals surface area contributed by atoms with Crippen LogP contribution in [0.5, 0.6) is 0 Å². The summed E-state index contributed by atoms with van der Waals surface area (Å²) < 4.78 is 0. The van der Waals surface area contributed by atoms with E-state index in [1.165, 1.54) is 12.1 Å². The summed E-state index contributed by atoms with van der Waals surface area (Å²) in [6.07, 6.45) is 0. The maximum atomic E-state index is 9.36. The third-order valence-electron chi connectivity index (χ3n) is 0.326. The molecular weight excluding hydrogens is 117 g/mol. The van der Waals surface area contributed by atoms with Gasteiger partial charge in [-0.3, -0.25) is 0 Å². The molecule has 0 spiro atoms. The van der Waals surface area contributed by atoms with E-state index in [0.29, 0.717) is 0 Å². The van der Waals surface area contributed by atoms with E-state index in [-0.39, 0.29) is 29.6 Å². The molecule has 0 aromatic rings. The molecule has 36 valence electrons. The summed E-state index contributed by atoms with van der Waals surface area (Å²) in [5, 5.41) is 26.0. The zero-order valence-electron chi connectivity index (χ0n) is 3.30. The Kier molecular flexibility index (Phi) is 8.41. The molecule has 0 atom stereocenters. The second-order valence-corrected chi connectivity index (χ2v) is 0.701. The van der Waals surface area contributed by atoms with Crippen LogP contribution in [0.1, 0.15) is 0 Å². The SMILES string of the molecule is N#CC(C#N)=[NH+][O-].[NaH]. The molecule has 0 saturated carbocycles. The van der Waals surface area contributed by atoms with E-state index in [1.54, 1.807) is 0 Å². The molecule has 0 aromatic heterocycles. The Labute approximate surface area is 68.3 Å². The third-order valence-corrected chi connectivity index (χ3v) is 0.326. The van der Waals surface area contributed by atoms with Gasteiger partial charge in [-0.2, -0.15) is 10.5 Å². The maximum absolute atomic E-state index is 9.36. The molecular formula is C3H2N3NaO. The van der Waals surface area contributed by atoms with Crippen LogP contribution in [-0.4, -0.2) is 35.3 Å². The molecule has 4 nitrogen and oxygen atoms in total. The normalized spacial score (nSPS) is 4.75. The van der Waals surface area contributed by atoms with Gasteiger partial charge in [0, 0.05) is 0 Å². The molecule has 0 aliphatic heterocycles. The fourth-order valence-electron chi connectivity index (χ4n) is 0.0706. The van der Waals surface area contributed by atoms with Gasteiger partial charge in [0.25, 0.3) is 0 Å². The molecule has 1 N–H and O–H groups in total. The molecule has 5 heteroatoms. The summed E-state index contributed by atoms with van der Waals surface area (Å²) in [5.41, 5.74) is -0.514. The van der Waals surface area contributed by atoms with Gasteiger partial charge in [0.1, 0.15) is 0 Å². The minimum atomic E-state index is -0.514. The monoisotopic (exact) mass is 119 g/mol. The van der Waals surface area contributed by atoms with Gasteiger partial charge < -0.3 is 5.21 Å². The van der Waals surface area contributed by atoms with Crippen LogP contribution in [0.2, 0.25) is 0 Å². The third kappa shape index (κ3) is 3.63. The Morgan fingerprint density at radius 2 is 1.75 bits per heavy atom. The first-order valence-corrected chi connectivity index (χ1v) is 1.40. The van der Waals surface area contributed by atoms with Crippen LogP contribution < -0.4 is 5.16 Å². The molecule has 0 rings (SSSR count). The fraction of sp³-hybridized carbons (Fsp3) is 0. The second kappa shape index (κ2) is 6.45. The Morgan fingerprint density at radius 3 is 1.75 bits per heavy atom. The van der Waals surface area contributed by atoms with Gasteiger partial charge in [-0.15, -0.1) is 0 Å². The van der Waals surface area contributed by atoms with Crippen molar-refractivity contribution in [1.82, 2.24) is 0 Å². The van der Waals surface area contributed by atoms with E-state index in [4.69, 9.17) is 10.5 Å². The van der Waals surface area contributed by atoms with Gasteiger partial charge in [0.05, 0.1) is 0 Å². The molecule has 0 bridgehead atoms. The molecule has 0 amide bonds. The van der Waals surface area contributed by atoms with Crippen LogP contribution in [0.15, 0.2) is 0 Å². The topological polar surface area (TPSA) is 84.6 Å². The molecule has 0 aliphatic carbocycles. The molecule has 0 heterocycles. The van der Waals surface area contributed by atoms with Crippen molar-refractivity contribution in [3.8, 4) is 12.1 Å². The molecule has 0 aromatic carbocycles. The number of hydrogen-bond acceptors (Lipinski definition) is 3. The first kappa shape index (κ1) is 10.4. The molecule has 0 aliphatic rings. The summed E-state index contributed by atoms with van der Waals surface area (Å²) in [7, 11) is 0. The minimum absolute atomic E-state index is 0. The number of nitriles is 2. The van der Waals surface area contributed by atoms with Crippen molar-refractivity contribution in [2.24, 2.45) is 0 Å². The van der Waals surface area contributed by atoms with E-state index in [1.807, 2.05) is 0 Å². The van der Waals surface area contributed by atoms with E-state index < -0.39 is 5.71 Å². The van der Waals surface area contributed by atoms with Crippen LogP contribution in [0.4, 0.5) is 0 Å². The molecule has 0 saturated heterocycles. The number of hydrogen-bond donors (Lipinski definition) is 1. The fourth-order valence-corrected chi connectivity index (χ4v) is 0.0706. The van der Waals surface area contributed by atoms with Crippen molar-refractivity contribution in [3.05, 3.63) is 5.21 Å². The van der Waals surface area contributed by atoms with Crippen LogP contribution in [0, 0.1) is 27.9 Å². The van der Waals surface area contributed by atoms with Crippen LogP contribution >= 0.6 is 0 Å². The Morgan fingerprint density at radius 1 is 1.38 bits per heavy atom. The van der Waals surface area contributed by atoms with E-state index in [9.17, 15) is 5.21 Å². The van der Waals surface area contributed by atoms with Gasteiger partial charge in [0.15, 0.2) is 12.1 Å². The van der Waals surface area contributed by atoms with E-state index in [2.05, 4.69) is 0 Å². The standard InChI is InChI=1S/C3HN3O.Na.H/c4-1-3(2-5)6-7;;/h6H;;. The van der Waals surface area contributed by atoms with Gasteiger partial charge in [-0.1, -0.05) is 0 Å². The molecule has 0 unspecified atom stereocenters. The summed E-state index contributed by atoms with van der Waals surface area (Å²) in [6.45, 7) is 0. The van der Waals surface area contributed by atoms with Crippen LogP contribution in [0.3, 0.4) is 0 Å². The summed E-state index contributed by atoms with van der Waals surface area (Å²) in [6, 6.07) is 2.67. The van der Waals surface area contributed by atoms with Gasteiger partial charge in [0.2, 0.25) is 0 Å². The average molecular weight is 119 g/mol. The molecule has 8 heavy (non-hydrogen) atoms. The Hall–Kier alpha value is -0.550. The van der Waals surface area contributed by atoms with Crippen molar-refractivity contribution in [3.63, 3.8) is 0 Å². The first-order valence-electron chi connectivity index (χ1n) is 1.40. The first-order chi connectivity index (χ1) is 3.35. The summed E-state index contributed by atoms with van der Waals surface area (Å²) in [4.78, 5) is 0. The van der Waals surface area contributed by atoms with E-state index >= 15 is 0 Å². The zero-order chi connectivity index (χ0) is 5.70. The number of nitrogens with zero attached hydrogens (tertiary/aromatic N) is 2. The second-order valence-electron chi connectivity index (χ2n) is 0.701. The van der Waals surface area contributed by atoms with Crippen LogP contribution in [-0.2, 0) is 0 Å². The van der Waals surface area contributed by atoms with E-state index in [0.717, 1.165) is 5.16 Å². The van der Waals surface area contributed by atoms with Gasteiger partial charge >= 0.3 is 35.3 Å². The predicted octanol–water partition coefficient (Wildman–Crippen LogP) is -2.60. The molecule has 0 fully saturated rings. The van der Waals surface area contributed by atoms with Gasteiger partial charge in [-0.05, 0) is 0 Å². The average Bonchev–Trinajstić information content (AvgIpc) is 1.72. The summed E-state index contributed by atoms with van der Waals surface area (Å²) >= 11 is 0.